The minimum absolute atomic E-state index is 0.159. The van der Waals surface area contributed by atoms with Gasteiger partial charge in [0, 0.05) is 6.54 Å². The Kier molecular flexibility index (Phi) is 3.79. The van der Waals surface area contributed by atoms with Gasteiger partial charge in [-0.15, -0.1) is 0 Å². The first-order valence-corrected chi connectivity index (χ1v) is 5.77. The number of hydrogen-bond acceptors (Lipinski definition) is 3. The molecule has 0 bridgehead atoms. The average Bonchev–Trinajstić information content (AvgIpc) is 2.84. The second-order valence-electron chi connectivity index (χ2n) is 3.94. The first kappa shape index (κ1) is 13.1. The average molecular weight is 264 g/mol. The summed E-state index contributed by atoms with van der Waals surface area (Å²) in [5.41, 5.74) is 0.217. The minimum Gasteiger partial charge on any atom is -0.486 e. The Morgan fingerprint density at radius 3 is 2.89 bits per heavy atom. The Hall–Kier alpha value is -2.37. The third kappa shape index (κ3) is 3.09. The van der Waals surface area contributed by atoms with Crippen LogP contribution in [0.2, 0.25) is 0 Å². The van der Waals surface area contributed by atoms with E-state index in [0.29, 0.717) is 11.3 Å². The van der Waals surface area contributed by atoms with Crippen LogP contribution in [0.4, 0.5) is 4.39 Å². The SMILES string of the molecule is CCn1cc(OCc2ccc(C(=O)O)c(F)c2)cn1. The third-order valence-electron chi connectivity index (χ3n) is 2.60. The Bertz CT molecular complexity index is 595. The van der Waals surface area contributed by atoms with E-state index in [4.69, 9.17) is 9.84 Å². The maximum atomic E-state index is 13.4. The van der Waals surface area contributed by atoms with Crippen molar-refractivity contribution >= 4 is 5.97 Å². The fourth-order valence-electron chi connectivity index (χ4n) is 1.58. The van der Waals surface area contributed by atoms with Gasteiger partial charge in [0.1, 0.15) is 12.4 Å². The molecular formula is C13H13FN2O3. The van der Waals surface area contributed by atoms with Crippen molar-refractivity contribution in [1.82, 2.24) is 9.78 Å². The molecule has 1 heterocycles. The van der Waals surface area contributed by atoms with E-state index in [0.717, 1.165) is 12.6 Å². The number of nitrogens with zero attached hydrogens (tertiary/aromatic N) is 2. The number of aryl methyl sites for hydroxylation is 1. The van der Waals surface area contributed by atoms with E-state index in [1.54, 1.807) is 17.1 Å². The third-order valence-corrected chi connectivity index (χ3v) is 2.60. The highest BCUT2D eigenvalue weighted by Crippen LogP contribution is 2.14. The van der Waals surface area contributed by atoms with Crippen LogP contribution in [0, 0.1) is 5.82 Å². The van der Waals surface area contributed by atoms with Crippen molar-refractivity contribution in [3.05, 3.63) is 47.5 Å². The molecule has 19 heavy (non-hydrogen) atoms. The summed E-state index contributed by atoms with van der Waals surface area (Å²) in [6.07, 6.45) is 3.31. The zero-order valence-corrected chi connectivity index (χ0v) is 10.3. The van der Waals surface area contributed by atoms with Crippen LogP contribution in [0.1, 0.15) is 22.8 Å². The summed E-state index contributed by atoms with van der Waals surface area (Å²) in [4.78, 5) is 10.7. The number of hydrogen-bond donors (Lipinski definition) is 1. The van der Waals surface area contributed by atoms with Crippen LogP contribution in [0.15, 0.2) is 30.6 Å². The molecule has 0 radical (unpaired) electrons. The Morgan fingerprint density at radius 2 is 2.32 bits per heavy atom. The van der Waals surface area contributed by atoms with Crippen molar-refractivity contribution in [3.8, 4) is 5.75 Å². The second-order valence-corrected chi connectivity index (χ2v) is 3.94. The molecule has 1 aromatic heterocycles. The highest BCUT2D eigenvalue weighted by molar-refractivity contribution is 5.87. The summed E-state index contributed by atoms with van der Waals surface area (Å²) < 4.78 is 20.6. The number of halogens is 1. The fourth-order valence-corrected chi connectivity index (χ4v) is 1.58. The van der Waals surface area contributed by atoms with Gasteiger partial charge in [0.05, 0.1) is 18.0 Å². The molecule has 1 N–H and O–H groups in total. The van der Waals surface area contributed by atoms with Gasteiger partial charge in [0.2, 0.25) is 0 Å². The predicted octanol–water partition coefficient (Wildman–Crippen LogP) is 2.32. The summed E-state index contributed by atoms with van der Waals surface area (Å²) in [5.74, 6) is -1.46. The highest BCUT2D eigenvalue weighted by atomic mass is 19.1. The molecule has 0 aliphatic carbocycles. The van der Waals surface area contributed by atoms with Crippen molar-refractivity contribution in [2.75, 3.05) is 0 Å². The van der Waals surface area contributed by atoms with Gasteiger partial charge in [-0.3, -0.25) is 4.68 Å². The summed E-state index contributed by atoms with van der Waals surface area (Å²) in [5, 5.41) is 12.8. The molecule has 0 saturated heterocycles. The zero-order chi connectivity index (χ0) is 13.8. The highest BCUT2D eigenvalue weighted by Gasteiger charge is 2.10. The number of aromatic carboxylic acids is 1. The summed E-state index contributed by atoms with van der Waals surface area (Å²) in [6.45, 7) is 2.86. The topological polar surface area (TPSA) is 64.3 Å². The largest absolute Gasteiger partial charge is 0.486 e. The summed E-state index contributed by atoms with van der Waals surface area (Å²) >= 11 is 0. The monoisotopic (exact) mass is 264 g/mol. The number of benzene rings is 1. The molecule has 0 saturated carbocycles. The van der Waals surface area contributed by atoms with E-state index in [-0.39, 0.29) is 12.2 Å². The molecule has 0 fully saturated rings. The molecule has 1 aromatic carbocycles. The lowest BCUT2D eigenvalue weighted by Crippen LogP contribution is -2.02. The van der Waals surface area contributed by atoms with Crippen molar-refractivity contribution in [2.45, 2.75) is 20.1 Å². The summed E-state index contributed by atoms with van der Waals surface area (Å²) in [6, 6.07) is 3.91. The lowest BCUT2D eigenvalue weighted by molar-refractivity contribution is 0.0692. The predicted molar refractivity (Wildman–Crippen MR) is 65.6 cm³/mol. The van der Waals surface area contributed by atoms with Gasteiger partial charge in [-0.05, 0) is 24.6 Å². The van der Waals surface area contributed by atoms with Gasteiger partial charge in [0.15, 0.2) is 5.75 Å². The molecule has 5 nitrogen and oxygen atoms in total. The van der Waals surface area contributed by atoms with Crippen molar-refractivity contribution < 1.29 is 19.0 Å². The van der Waals surface area contributed by atoms with E-state index >= 15 is 0 Å². The number of carbonyl (C=O) groups is 1. The van der Waals surface area contributed by atoms with Crippen LogP contribution in [0.5, 0.6) is 5.75 Å². The number of rotatable bonds is 5. The van der Waals surface area contributed by atoms with Crippen molar-refractivity contribution in [3.63, 3.8) is 0 Å². The van der Waals surface area contributed by atoms with E-state index in [1.807, 2.05) is 6.92 Å². The first-order chi connectivity index (χ1) is 9.10. The second kappa shape index (κ2) is 5.51. The maximum absolute atomic E-state index is 13.4. The van der Waals surface area contributed by atoms with E-state index in [1.165, 1.54) is 12.1 Å². The van der Waals surface area contributed by atoms with Crippen LogP contribution in [-0.4, -0.2) is 20.9 Å². The lowest BCUT2D eigenvalue weighted by Gasteiger charge is -2.05. The van der Waals surface area contributed by atoms with E-state index < -0.39 is 11.8 Å². The van der Waals surface area contributed by atoms with Crippen LogP contribution < -0.4 is 4.74 Å². The smallest absolute Gasteiger partial charge is 0.338 e. The molecule has 6 heteroatoms. The van der Waals surface area contributed by atoms with Crippen LogP contribution in [0.3, 0.4) is 0 Å². The lowest BCUT2D eigenvalue weighted by atomic mass is 10.1. The molecule has 0 aliphatic rings. The Balaban J connectivity index is 2.03. The molecular weight excluding hydrogens is 251 g/mol. The van der Waals surface area contributed by atoms with Crippen molar-refractivity contribution in [1.29, 1.82) is 0 Å². The van der Waals surface area contributed by atoms with Crippen LogP contribution in [0.25, 0.3) is 0 Å². The molecule has 0 atom stereocenters. The Morgan fingerprint density at radius 1 is 1.53 bits per heavy atom. The zero-order valence-electron chi connectivity index (χ0n) is 10.3. The van der Waals surface area contributed by atoms with Gasteiger partial charge in [0.25, 0.3) is 0 Å². The fraction of sp³-hybridized carbons (Fsp3) is 0.231. The molecule has 0 aliphatic heterocycles. The number of ether oxygens (including phenoxy) is 1. The molecule has 0 spiro atoms. The molecule has 100 valence electrons. The van der Waals surface area contributed by atoms with Crippen LogP contribution in [-0.2, 0) is 13.2 Å². The van der Waals surface area contributed by atoms with Crippen LogP contribution >= 0.6 is 0 Å². The van der Waals surface area contributed by atoms with Gasteiger partial charge in [-0.25, -0.2) is 9.18 Å². The Labute approximate surface area is 109 Å². The molecule has 2 aromatic rings. The first-order valence-electron chi connectivity index (χ1n) is 5.77. The number of carboxylic acid groups (broad SMARTS) is 1. The molecule has 2 rings (SSSR count). The van der Waals surface area contributed by atoms with Crippen molar-refractivity contribution in [2.24, 2.45) is 0 Å². The van der Waals surface area contributed by atoms with Gasteiger partial charge >= 0.3 is 5.97 Å². The quantitative estimate of drug-likeness (QED) is 0.900. The summed E-state index contributed by atoms with van der Waals surface area (Å²) in [7, 11) is 0. The number of carboxylic acids is 1. The minimum atomic E-state index is -1.28. The molecule has 0 unspecified atom stereocenters. The standard InChI is InChI=1S/C13H13FN2O3/c1-2-16-7-10(6-15-16)19-8-9-3-4-11(13(17)18)12(14)5-9/h3-7H,2,8H2,1H3,(H,17,18). The number of aromatic nitrogens is 2. The normalized spacial score (nSPS) is 10.4. The van der Waals surface area contributed by atoms with Gasteiger partial charge < -0.3 is 9.84 Å². The van der Waals surface area contributed by atoms with Gasteiger partial charge in [-0.2, -0.15) is 5.10 Å². The maximum Gasteiger partial charge on any atom is 0.338 e. The molecule has 0 amide bonds. The van der Waals surface area contributed by atoms with E-state index in [9.17, 15) is 9.18 Å². The van der Waals surface area contributed by atoms with E-state index in [2.05, 4.69) is 5.10 Å². The van der Waals surface area contributed by atoms with Gasteiger partial charge in [-0.1, -0.05) is 6.07 Å².